The molecule has 1 aromatic carbocycles. The summed E-state index contributed by atoms with van der Waals surface area (Å²) in [6, 6.07) is 9.66. The van der Waals surface area contributed by atoms with Crippen LogP contribution >= 0.6 is 0 Å². The van der Waals surface area contributed by atoms with E-state index in [-0.39, 0.29) is 0 Å². The number of likely N-dealkylation sites (N-methyl/N-ethyl adjacent to an activating group) is 1. The largest absolute Gasteiger partial charge is 0.330 e. The van der Waals surface area contributed by atoms with Gasteiger partial charge in [-0.25, -0.2) is 4.98 Å². The molecule has 1 aliphatic rings. The Morgan fingerprint density at radius 3 is 2.75 bits per heavy atom. The summed E-state index contributed by atoms with van der Waals surface area (Å²) < 4.78 is 2.36. The highest BCUT2D eigenvalue weighted by Gasteiger charge is 2.28. The van der Waals surface area contributed by atoms with Crippen molar-refractivity contribution in [2.45, 2.75) is 45.2 Å². The molecule has 0 aliphatic heterocycles. The van der Waals surface area contributed by atoms with Crippen molar-refractivity contribution < 1.29 is 0 Å². The van der Waals surface area contributed by atoms with Gasteiger partial charge in [0.15, 0.2) is 0 Å². The lowest BCUT2D eigenvalue weighted by atomic mass is 9.96. The second kappa shape index (κ2) is 5.41. The second-order valence-electron chi connectivity index (χ2n) is 5.75. The molecule has 1 heterocycles. The number of rotatable bonds is 2. The van der Waals surface area contributed by atoms with Gasteiger partial charge >= 0.3 is 0 Å². The van der Waals surface area contributed by atoms with E-state index in [2.05, 4.69) is 60.0 Å². The van der Waals surface area contributed by atoms with E-state index in [0.717, 1.165) is 5.69 Å². The zero-order chi connectivity index (χ0) is 14.1. The summed E-state index contributed by atoms with van der Waals surface area (Å²) in [5, 5.41) is 3.54. The Kier molecular flexibility index (Phi) is 3.62. The minimum absolute atomic E-state index is 0.362. The minimum atomic E-state index is 0.362. The van der Waals surface area contributed by atoms with E-state index in [9.17, 15) is 0 Å². The van der Waals surface area contributed by atoms with Crippen LogP contribution in [0.4, 0.5) is 0 Å². The van der Waals surface area contributed by atoms with Crippen molar-refractivity contribution in [1.29, 1.82) is 0 Å². The highest BCUT2D eigenvalue weighted by Crippen LogP contribution is 2.37. The van der Waals surface area contributed by atoms with Gasteiger partial charge in [-0.05, 0) is 51.3 Å². The molecule has 0 saturated heterocycles. The monoisotopic (exact) mass is 269 g/mol. The van der Waals surface area contributed by atoms with Crippen LogP contribution in [0.1, 0.15) is 47.4 Å². The van der Waals surface area contributed by atoms with Gasteiger partial charge in [0.05, 0.1) is 24.1 Å². The fourth-order valence-electron chi connectivity index (χ4n) is 3.44. The van der Waals surface area contributed by atoms with E-state index < -0.39 is 0 Å². The van der Waals surface area contributed by atoms with Crippen molar-refractivity contribution >= 4 is 0 Å². The first-order chi connectivity index (χ1) is 9.72. The third kappa shape index (κ3) is 2.16. The zero-order valence-electron chi connectivity index (χ0n) is 12.6. The lowest BCUT2D eigenvalue weighted by Gasteiger charge is -2.28. The summed E-state index contributed by atoms with van der Waals surface area (Å²) in [6.45, 7) is 4.26. The number of hydrogen-bond acceptors (Lipinski definition) is 2. The minimum Gasteiger partial charge on any atom is -0.330 e. The molecule has 1 aliphatic carbocycles. The van der Waals surface area contributed by atoms with E-state index in [1.54, 1.807) is 0 Å². The maximum absolute atomic E-state index is 4.48. The highest BCUT2D eigenvalue weighted by molar-refractivity contribution is 5.32. The summed E-state index contributed by atoms with van der Waals surface area (Å²) in [6.07, 6.45) is 5.61. The van der Waals surface area contributed by atoms with Crippen LogP contribution in [0.2, 0.25) is 0 Å². The molecule has 2 unspecified atom stereocenters. The molecule has 0 fully saturated rings. The summed E-state index contributed by atoms with van der Waals surface area (Å²) in [5.74, 6) is 0. The molecule has 1 aromatic heterocycles. The predicted octanol–water partition coefficient (Wildman–Crippen LogP) is 3.34. The van der Waals surface area contributed by atoms with Crippen LogP contribution < -0.4 is 5.32 Å². The van der Waals surface area contributed by atoms with Crippen LogP contribution in [0.5, 0.6) is 0 Å². The number of aromatic nitrogens is 2. The van der Waals surface area contributed by atoms with Gasteiger partial charge < -0.3 is 9.88 Å². The van der Waals surface area contributed by atoms with Crippen LogP contribution in [0.15, 0.2) is 30.6 Å². The van der Waals surface area contributed by atoms with Crippen molar-refractivity contribution in [1.82, 2.24) is 14.9 Å². The predicted molar refractivity (Wildman–Crippen MR) is 81.9 cm³/mol. The van der Waals surface area contributed by atoms with E-state index in [4.69, 9.17) is 0 Å². The quantitative estimate of drug-likeness (QED) is 0.847. The first-order valence-corrected chi connectivity index (χ1v) is 7.47. The van der Waals surface area contributed by atoms with E-state index in [1.807, 2.05) is 6.33 Å². The van der Waals surface area contributed by atoms with Crippen LogP contribution in [0.25, 0.3) is 0 Å². The van der Waals surface area contributed by atoms with Crippen molar-refractivity contribution in [2.24, 2.45) is 0 Å². The Labute approximate surface area is 121 Å². The van der Waals surface area contributed by atoms with E-state index in [1.165, 1.54) is 36.1 Å². The molecule has 0 radical (unpaired) electrons. The van der Waals surface area contributed by atoms with Gasteiger partial charge in [0, 0.05) is 5.69 Å². The average Bonchev–Trinajstić information content (AvgIpc) is 2.70. The third-order valence-corrected chi connectivity index (χ3v) is 4.68. The van der Waals surface area contributed by atoms with E-state index in [0.29, 0.717) is 12.1 Å². The number of fused-ring (bicyclic) bond motifs is 1. The number of nitrogens with one attached hydrogen (secondary N) is 1. The smallest absolute Gasteiger partial charge is 0.0954 e. The van der Waals surface area contributed by atoms with Gasteiger partial charge in [-0.2, -0.15) is 0 Å². The SMILES string of the molecule is CNC1c2ccccc2CCCC1n1cnc(C)c1C. The molecule has 0 bridgehead atoms. The van der Waals surface area contributed by atoms with Crippen LogP contribution in [-0.4, -0.2) is 16.6 Å². The Morgan fingerprint density at radius 2 is 2.05 bits per heavy atom. The van der Waals surface area contributed by atoms with Gasteiger partial charge in [-0.3, -0.25) is 0 Å². The summed E-state index contributed by atoms with van der Waals surface area (Å²) in [4.78, 5) is 4.48. The van der Waals surface area contributed by atoms with Gasteiger partial charge in [-0.1, -0.05) is 24.3 Å². The summed E-state index contributed by atoms with van der Waals surface area (Å²) >= 11 is 0. The van der Waals surface area contributed by atoms with E-state index >= 15 is 0 Å². The summed E-state index contributed by atoms with van der Waals surface area (Å²) in [7, 11) is 2.07. The first-order valence-electron chi connectivity index (χ1n) is 7.47. The van der Waals surface area contributed by atoms with Crippen molar-refractivity contribution in [2.75, 3.05) is 7.05 Å². The average molecular weight is 269 g/mol. The molecule has 3 rings (SSSR count). The third-order valence-electron chi connectivity index (χ3n) is 4.68. The second-order valence-corrected chi connectivity index (χ2v) is 5.75. The molecule has 20 heavy (non-hydrogen) atoms. The molecule has 2 aromatic rings. The molecule has 3 nitrogen and oxygen atoms in total. The molecular formula is C17H23N3. The fourth-order valence-corrected chi connectivity index (χ4v) is 3.44. The Bertz CT molecular complexity index is 600. The highest BCUT2D eigenvalue weighted by atomic mass is 15.1. The molecule has 3 heteroatoms. The molecule has 2 atom stereocenters. The topological polar surface area (TPSA) is 29.9 Å². The number of benzene rings is 1. The Hall–Kier alpha value is -1.61. The Balaban J connectivity index is 2.06. The van der Waals surface area contributed by atoms with Crippen molar-refractivity contribution in [3.63, 3.8) is 0 Å². The number of imidazole rings is 1. The lowest BCUT2D eigenvalue weighted by Crippen LogP contribution is -2.27. The number of nitrogens with zero attached hydrogens (tertiary/aromatic N) is 2. The van der Waals surface area contributed by atoms with Gasteiger partial charge in [0.1, 0.15) is 0 Å². The maximum atomic E-state index is 4.48. The number of hydrogen-bond donors (Lipinski definition) is 1. The summed E-state index contributed by atoms with van der Waals surface area (Å²) in [5.41, 5.74) is 5.36. The molecule has 0 amide bonds. The lowest BCUT2D eigenvalue weighted by molar-refractivity contribution is 0.350. The first kappa shape index (κ1) is 13.4. The van der Waals surface area contributed by atoms with Crippen LogP contribution in [-0.2, 0) is 6.42 Å². The van der Waals surface area contributed by atoms with Crippen LogP contribution in [0, 0.1) is 13.8 Å². The normalized spacial score (nSPS) is 22.4. The molecule has 0 spiro atoms. The molecule has 106 valence electrons. The molecule has 1 N–H and O–H groups in total. The molecule has 0 saturated carbocycles. The zero-order valence-corrected chi connectivity index (χ0v) is 12.6. The standard InChI is InChI=1S/C17H23N3/c1-12-13(2)20(11-19-12)16-10-6-8-14-7-4-5-9-15(14)17(16)18-3/h4-5,7,9,11,16-18H,6,8,10H2,1-3H3. The fraction of sp³-hybridized carbons (Fsp3) is 0.471. The van der Waals surface area contributed by atoms with Crippen LogP contribution in [0.3, 0.4) is 0 Å². The van der Waals surface area contributed by atoms with Crippen molar-refractivity contribution in [3.05, 3.63) is 53.1 Å². The van der Waals surface area contributed by atoms with Crippen molar-refractivity contribution in [3.8, 4) is 0 Å². The number of aryl methyl sites for hydroxylation is 2. The molecular weight excluding hydrogens is 246 g/mol. The maximum Gasteiger partial charge on any atom is 0.0954 e. The van der Waals surface area contributed by atoms with Gasteiger partial charge in [0.25, 0.3) is 0 Å². The van der Waals surface area contributed by atoms with Gasteiger partial charge in [0.2, 0.25) is 0 Å². The van der Waals surface area contributed by atoms with Gasteiger partial charge in [-0.15, -0.1) is 0 Å². The Morgan fingerprint density at radius 1 is 1.25 bits per heavy atom.